The highest BCUT2D eigenvalue weighted by Crippen LogP contribution is 2.41. The quantitative estimate of drug-likeness (QED) is 0.695. The van der Waals surface area contributed by atoms with E-state index in [1.165, 1.54) is 17.6 Å². The van der Waals surface area contributed by atoms with E-state index in [4.69, 9.17) is 14.5 Å². The van der Waals surface area contributed by atoms with Gasteiger partial charge in [0.25, 0.3) is 0 Å². The molecule has 0 radical (unpaired) electrons. The third kappa shape index (κ3) is 2.14. The van der Waals surface area contributed by atoms with E-state index < -0.39 is 5.79 Å². The summed E-state index contributed by atoms with van der Waals surface area (Å²) in [6, 6.07) is 10.3. The maximum Gasteiger partial charge on any atom is 0.226 e. The molecule has 1 aromatic rings. The molecular weight excluding hydrogens is 216 g/mol. The summed E-state index contributed by atoms with van der Waals surface area (Å²) in [5, 5.41) is 0. The summed E-state index contributed by atoms with van der Waals surface area (Å²) in [6.07, 6.45) is 6.36. The minimum Gasteiger partial charge on any atom is -0.314 e. The monoisotopic (exact) mass is 232 g/mol. The third-order valence-electron chi connectivity index (χ3n) is 3.37. The van der Waals surface area contributed by atoms with Crippen LogP contribution in [-0.4, -0.2) is 12.6 Å². The molecule has 1 spiro atoms. The summed E-state index contributed by atoms with van der Waals surface area (Å²) in [5.41, 5.74) is 2.37. The number of hydrogen-bond acceptors (Lipinski definition) is 3. The van der Waals surface area contributed by atoms with E-state index >= 15 is 0 Å². The molecule has 1 saturated heterocycles. The van der Waals surface area contributed by atoms with Gasteiger partial charge in [0.1, 0.15) is 0 Å². The van der Waals surface area contributed by atoms with Crippen LogP contribution in [0, 0.1) is 0 Å². The fourth-order valence-corrected chi connectivity index (χ4v) is 2.48. The molecule has 2 aliphatic rings. The first-order valence-electron chi connectivity index (χ1n) is 6.10. The Balaban J connectivity index is 1.91. The van der Waals surface area contributed by atoms with Crippen molar-refractivity contribution in [3.63, 3.8) is 0 Å². The summed E-state index contributed by atoms with van der Waals surface area (Å²) in [6.45, 7) is 0.228. The number of ether oxygens (including phenoxy) is 1. The predicted octanol–water partition coefficient (Wildman–Crippen LogP) is 3.28. The van der Waals surface area contributed by atoms with Crippen molar-refractivity contribution in [1.29, 1.82) is 0 Å². The summed E-state index contributed by atoms with van der Waals surface area (Å²) >= 11 is 0. The first kappa shape index (κ1) is 11.0. The molecule has 1 aliphatic heterocycles. The van der Waals surface area contributed by atoms with Crippen molar-refractivity contribution >= 4 is 6.08 Å². The van der Waals surface area contributed by atoms with Crippen molar-refractivity contribution in [1.82, 2.24) is 0 Å². The second kappa shape index (κ2) is 4.61. The molecule has 1 unspecified atom stereocenters. The van der Waals surface area contributed by atoms with Crippen LogP contribution in [0.2, 0.25) is 0 Å². The summed E-state index contributed by atoms with van der Waals surface area (Å²) in [5.74, 6) is -0.617. The van der Waals surface area contributed by atoms with Gasteiger partial charge in [0.2, 0.25) is 5.79 Å². The van der Waals surface area contributed by atoms with Gasteiger partial charge in [0.15, 0.2) is 6.79 Å². The van der Waals surface area contributed by atoms with Gasteiger partial charge in [0.05, 0.1) is 0 Å². The smallest absolute Gasteiger partial charge is 0.226 e. The van der Waals surface area contributed by atoms with E-state index in [0.29, 0.717) is 0 Å². The molecule has 3 nitrogen and oxygen atoms in total. The summed E-state index contributed by atoms with van der Waals surface area (Å²) < 4.78 is 5.65. The van der Waals surface area contributed by atoms with E-state index in [2.05, 4.69) is 18.2 Å². The van der Waals surface area contributed by atoms with Crippen molar-refractivity contribution in [2.75, 3.05) is 6.79 Å². The first-order chi connectivity index (χ1) is 8.39. The van der Waals surface area contributed by atoms with E-state index in [1.54, 1.807) is 0 Å². The highest BCUT2D eigenvalue weighted by molar-refractivity contribution is 5.54. The second-order valence-electron chi connectivity index (χ2n) is 4.50. The standard InChI is InChI=1S/C14H16O3/c1-2-6-12(7-3-1)10-13-8-4-5-9-14(13)15-11-16-17-14/h1-3,6-7,10H,4-5,8-9,11H2/b13-10+. The van der Waals surface area contributed by atoms with Crippen molar-refractivity contribution in [3.05, 3.63) is 41.5 Å². The molecule has 90 valence electrons. The van der Waals surface area contributed by atoms with Crippen LogP contribution in [0.25, 0.3) is 6.08 Å². The minimum absolute atomic E-state index is 0.228. The molecule has 1 atom stereocenters. The van der Waals surface area contributed by atoms with Crippen molar-refractivity contribution in [2.45, 2.75) is 31.5 Å². The van der Waals surface area contributed by atoms with Crippen LogP contribution >= 0.6 is 0 Å². The fourth-order valence-electron chi connectivity index (χ4n) is 2.48. The van der Waals surface area contributed by atoms with Gasteiger partial charge in [0, 0.05) is 6.42 Å². The van der Waals surface area contributed by atoms with E-state index in [9.17, 15) is 0 Å². The highest BCUT2D eigenvalue weighted by Gasteiger charge is 2.43. The zero-order chi connectivity index (χ0) is 11.6. The molecule has 2 fully saturated rings. The maximum absolute atomic E-state index is 5.65. The highest BCUT2D eigenvalue weighted by atomic mass is 17.3. The Morgan fingerprint density at radius 3 is 2.76 bits per heavy atom. The van der Waals surface area contributed by atoms with Crippen molar-refractivity contribution in [3.8, 4) is 0 Å². The zero-order valence-electron chi connectivity index (χ0n) is 9.72. The van der Waals surface area contributed by atoms with Crippen LogP contribution in [0.3, 0.4) is 0 Å². The van der Waals surface area contributed by atoms with E-state index in [0.717, 1.165) is 19.3 Å². The zero-order valence-corrected chi connectivity index (χ0v) is 9.72. The molecule has 17 heavy (non-hydrogen) atoms. The van der Waals surface area contributed by atoms with Gasteiger partial charge < -0.3 is 4.74 Å². The van der Waals surface area contributed by atoms with Gasteiger partial charge in [-0.05, 0) is 30.4 Å². The topological polar surface area (TPSA) is 27.7 Å². The molecule has 1 heterocycles. The van der Waals surface area contributed by atoms with Crippen LogP contribution in [-0.2, 0) is 14.5 Å². The predicted molar refractivity (Wildman–Crippen MR) is 63.7 cm³/mol. The molecule has 3 rings (SSSR count). The number of rotatable bonds is 1. The third-order valence-corrected chi connectivity index (χ3v) is 3.37. The molecule has 0 bridgehead atoms. The van der Waals surface area contributed by atoms with E-state index in [1.807, 2.05) is 18.2 Å². The van der Waals surface area contributed by atoms with Gasteiger partial charge in [-0.25, -0.2) is 4.89 Å². The fraction of sp³-hybridized carbons (Fsp3) is 0.429. The van der Waals surface area contributed by atoms with Crippen LogP contribution in [0.1, 0.15) is 31.2 Å². The van der Waals surface area contributed by atoms with Gasteiger partial charge in [-0.2, -0.15) is 4.89 Å². The lowest BCUT2D eigenvalue weighted by Crippen LogP contribution is -2.35. The average molecular weight is 232 g/mol. The molecule has 0 aromatic heterocycles. The molecular formula is C14H16O3. The van der Waals surface area contributed by atoms with Gasteiger partial charge >= 0.3 is 0 Å². The molecule has 1 aromatic carbocycles. The Morgan fingerprint density at radius 1 is 1.12 bits per heavy atom. The number of benzene rings is 1. The Hall–Kier alpha value is -1.16. The first-order valence-corrected chi connectivity index (χ1v) is 6.10. The Morgan fingerprint density at radius 2 is 2.00 bits per heavy atom. The van der Waals surface area contributed by atoms with Crippen molar-refractivity contribution < 1.29 is 14.5 Å². The summed E-state index contributed by atoms with van der Waals surface area (Å²) in [4.78, 5) is 10.3. The Labute approximate surface area is 101 Å². The molecule has 0 N–H and O–H groups in total. The van der Waals surface area contributed by atoms with Crippen LogP contribution in [0.15, 0.2) is 35.9 Å². The van der Waals surface area contributed by atoms with Gasteiger partial charge in [-0.1, -0.05) is 36.4 Å². The molecule has 3 heteroatoms. The lowest BCUT2D eigenvalue weighted by Gasteiger charge is -2.31. The minimum atomic E-state index is -0.617. The van der Waals surface area contributed by atoms with Crippen LogP contribution in [0.5, 0.6) is 0 Å². The Kier molecular flexibility index (Phi) is 2.97. The van der Waals surface area contributed by atoms with Gasteiger partial charge in [-0.15, -0.1) is 0 Å². The lowest BCUT2D eigenvalue weighted by atomic mass is 9.87. The summed E-state index contributed by atoms with van der Waals surface area (Å²) in [7, 11) is 0. The average Bonchev–Trinajstić information content (AvgIpc) is 2.83. The molecule has 1 aliphatic carbocycles. The lowest BCUT2D eigenvalue weighted by molar-refractivity contribution is -0.312. The normalized spacial score (nSPS) is 31.2. The molecule has 0 amide bonds. The Bertz CT molecular complexity index is 405. The maximum atomic E-state index is 5.65. The van der Waals surface area contributed by atoms with Crippen molar-refractivity contribution in [2.24, 2.45) is 0 Å². The van der Waals surface area contributed by atoms with Crippen LogP contribution < -0.4 is 0 Å². The largest absolute Gasteiger partial charge is 0.314 e. The van der Waals surface area contributed by atoms with E-state index in [-0.39, 0.29) is 6.79 Å². The number of hydrogen-bond donors (Lipinski definition) is 0. The van der Waals surface area contributed by atoms with Crippen LogP contribution in [0.4, 0.5) is 0 Å². The second-order valence-corrected chi connectivity index (χ2v) is 4.50. The van der Waals surface area contributed by atoms with Gasteiger partial charge in [-0.3, -0.25) is 0 Å². The molecule has 1 saturated carbocycles. The SMILES string of the molecule is C(=C1/CCCCC12OCOO2)/c1ccccc1.